The van der Waals surface area contributed by atoms with E-state index in [1.807, 2.05) is 4.90 Å². The van der Waals surface area contributed by atoms with E-state index in [0.717, 1.165) is 30.0 Å². The highest BCUT2D eigenvalue weighted by molar-refractivity contribution is 7.13. The van der Waals surface area contributed by atoms with Crippen molar-refractivity contribution in [1.29, 1.82) is 0 Å². The third-order valence-corrected chi connectivity index (χ3v) is 5.22. The first-order chi connectivity index (χ1) is 11.1. The van der Waals surface area contributed by atoms with Crippen molar-refractivity contribution in [1.82, 2.24) is 9.88 Å². The van der Waals surface area contributed by atoms with E-state index in [9.17, 15) is 9.18 Å². The van der Waals surface area contributed by atoms with Crippen molar-refractivity contribution >= 4 is 17.2 Å². The number of carbonyl (C=O) groups is 1. The molecule has 0 saturated carbocycles. The van der Waals surface area contributed by atoms with Crippen LogP contribution in [0.1, 0.15) is 30.3 Å². The summed E-state index contributed by atoms with van der Waals surface area (Å²) in [4.78, 5) is 19.0. The van der Waals surface area contributed by atoms with Crippen molar-refractivity contribution in [3.63, 3.8) is 0 Å². The van der Waals surface area contributed by atoms with Crippen LogP contribution < -0.4 is 5.73 Å². The molecule has 1 aliphatic heterocycles. The van der Waals surface area contributed by atoms with Gasteiger partial charge in [0.05, 0.1) is 0 Å². The first-order valence-corrected chi connectivity index (χ1v) is 8.69. The number of piperidine rings is 1. The van der Waals surface area contributed by atoms with Gasteiger partial charge in [-0.05, 0) is 43.0 Å². The first-order valence-electron chi connectivity index (χ1n) is 7.81. The second-order valence-corrected chi connectivity index (χ2v) is 6.92. The second-order valence-electron chi connectivity index (χ2n) is 6.06. The minimum Gasteiger partial charge on any atom is -0.333 e. The minimum atomic E-state index is -0.283. The Hall–Kier alpha value is -1.79. The Bertz CT molecular complexity index is 685. The van der Waals surface area contributed by atoms with E-state index in [1.54, 1.807) is 17.5 Å². The second kappa shape index (κ2) is 6.76. The van der Waals surface area contributed by atoms with Crippen molar-refractivity contribution < 1.29 is 9.18 Å². The van der Waals surface area contributed by atoms with E-state index >= 15 is 0 Å². The molecule has 6 heteroatoms. The maximum atomic E-state index is 13.0. The van der Waals surface area contributed by atoms with E-state index in [1.165, 1.54) is 23.5 Å². The zero-order chi connectivity index (χ0) is 16.4. The normalized spacial score (nSPS) is 21.4. The summed E-state index contributed by atoms with van der Waals surface area (Å²) < 4.78 is 13.0. The molecule has 23 heavy (non-hydrogen) atoms. The van der Waals surface area contributed by atoms with E-state index in [2.05, 4.69) is 11.9 Å². The number of carbonyl (C=O) groups excluding carboxylic acids is 1. The maximum Gasteiger partial charge on any atom is 0.273 e. The van der Waals surface area contributed by atoms with Gasteiger partial charge in [-0.3, -0.25) is 4.79 Å². The van der Waals surface area contributed by atoms with Gasteiger partial charge in [0.2, 0.25) is 0 Å². The first kappa shape index (κ1) is 16.1. The van der Waals surface area contributed by atoms with Gasteiger partial charge in [0, 0.05) is 30.1 Å². The zero-order valence-corrected chi connectivity index (χ0v) is 13.9. The van der Waals surface area contributed by atoms with Crippen molar-refractivity contribution in [3.05, 3.63) is 41.2 Å². The maximum absolute atomic E-state index is 13.0. The highest BCUT2D eigenvalue weighted by Crippen LogP contribution is 2.27. The molecule has 2 aromatic rings. The van der Waals surface area contributed by atoms with Crippen molar-refractivity contribution in [3.8, 4) is 10.6 Å². The zero-order valence-electron chi connectivity index (χ0n) is 13.0. The van der Waals surface area contributed by atoms with E-state index in [-0.39, 0.29) is 17.8 Å². The van der Waals surface area contributed by atoms with Crippen LogP contribution in [0.25, 0.3) is 10.6 Å². The van der Waals surface area contributed by atoms with Gasteiger partial charge >= 0.3 is 0 Å². The standard InChI is InChI=1S/C17H20FN3OS/c1-11-6-7-21(14(8-11)9-19)17(22)15-10-23-16(20-15)12-2-4-13(18)5-3-12/h2-5,10-11,14H,6-9,19H2,1H3. The number of rotatable bonds is 3. The summed E-state index contributed by atoms with van der Waals surface area (Å²) in [5.41, 5.74) is 7.10. The number of benzene rings is 1. The number of thiazole rings is 1. The third-order valence-electron chi connectivity index (χ3n) is 4.33. The Kier molecular flexibility index (Phi) is 4.73. The quantitative estimate of drug-likeness (QED) is 0.939. The Labute approximate surface area is 139 Å². The Morgan fingerprint density at radius 3 is 2.87 bits per heavy atom. The summed E-state index contributed by atoms with van der Waals surface area (Å²) in [5, 5.41) is 2.50. The summed E-state index contributed by atoms with van der Waals surface area (Å²) in [5.74, 6) is 0.254. The van der Waals surface area contributed by atoms with Crippen molar-refractivity contribution in [2.75, 3.05) is 13.1 Å². The number of hydrogen-bond donors (Lipinski definition) is 1. The number of likely N-dealkylation sites (tertiary alicyclic amines) is 1. The number of nitrogens with two attached hydrogens (primary N) is 1. The SMILES string of the molecule is CC1CCN(C(=O)c2csc(-c3ccc(F)cc3)n2)C(CN)C1. The summed E-state index contributed by atoms with van der Waals surface area (Å²) in [6.07, 6.45) is 1.94. The number of aromatic nitrogens is 1. The molecule has 2 unspecified atom stereocenters. The molecule has 0 bridgehead atoms. The van der Waals surface area contributed by atoms with Crippen LogP contribution in [0.4, 0.5) is 4.39 Å². The van der Waals surface area contributed by atoms with E-state index < -0.39 is 0 Å². The molecule has 1 amide bonds. The van der Waals surface area contributed by atoms with Gasteiger partial charge in [-0.1, -0.05) is 6.92 Å². The average Bonchev–Trinajstić information content (AvgIpc) is 3.04. The van der Waals surface area contributed by atoms with Gasteiger partial charge in [-0.2, -0.15) is 0 Å². The fourth-order valence-corrected chi connectivity index (χ4v) is 3.79. The number of amides is 1. The minimum absolute atomic E-state index is 0.0584. The molecule has 2 atom stereocenters. The molecule has 0 aliphatic carbocycles. The van der Waals surface area contributed by atoms with Gasteiger partial charge in [-0.25, -0.2) is 9.37 Å². The highest BCUT2D eigenvalue weighted by atomic mass is 32.1. The fourth-order valence-electron chi connectivity index (χ4n) is 2.99. The molecule has 0 spiro atoms. The molecular formula is C17H20FN3OS. The molecule has 3 rings (SSSR count). The van der Waals surface area contributed by atoms with Crippen LogP contribution in [-0.2, 0) is 0 Å². The summed E-state index contributed by atoms with van der Waals surface area (Å²) in [6, 6.07) is 6.23. The average molecular weight is 333 g/mol. The Balaban J connectivity index is 1.79. The molecule has 2 N–H and O–H groups in total. The van der Waals surface area contributed by atoms with Crippen LogP contribution in [0, 0.1) is 11.7 Å². The van der Waals surface area contributed by atoms with E-state index in [4.69, 9.17) is 5.73 Å². The molecular weight excluding hydrogens is 313 g/mol. The summed E-state index contributed by atoms with van der Waals surface area (Å²) >= 11 is 1.40. The number of halogens is 1. The van der Waals surface area contributed by atoms with Crippen LogP contribution >= 0.6 is 11.3 Å². The lowest BCUT2D eigenvalue weighted by atomic mass is 9.92. The molecule has 4 nitrogen and oxygen atoms in total. The lowest BCUT2D eigenvalue weighted by molar-refractivity contribution is 0.0568. The van der Waals surface area contributed by atoms with Gasteiger partial charge < -0.3 is 10.6 Å². The molecule has 1 fully saturated rings. The van der Waals surface area contributed by atoms with Crippen LogP contribution in [-0.4, -0.2) is 34.9 Å². The summed E-state index contributed by atoms with van der Waals surface area (Å²) in [6.45, 7) is 3.40. The Morgan fingerprint density at radius 2 is 2.17 bits per heavy atom. The van der Waals surface area contributed by atoms with Crippen LogP contribution in [0.3, 0.4) is 0 Å². The molecule has 1 aliphatic rings. The van der Waals surface area contributed by atoms with E-state index in [0.29, 0.717) is 18.2 Å². The highest BCUT2D eigenvalue weighted by Gasteiger charge is 2.30. The van der Waals surface area contributed by atoms with Gasteiger partial charge in [0.25, 0.3) is 5.91 Å². The molecule has 1 aromatic heterocycles. The smallest absolute Gasteiger partial charge is 0.273 e. The van der Waals surface area contributed by atoms with Gasteiger partial charge in [0.1, 0.15) is 16.5 Å². The molecule has 2 heterocycles. The monoisotopic (exact) mass is 333 g/mol. The molecule has 1 saturated heterocycles. The van der Waals surface area contributed by atoms with Gasteiger partial charge in [-0.15, -0.1) is 11.3 Å². The molecule has 1 aromatic carbocycles. The largest absolute Gasteiger partial charge is 0.333 e. The van der Waals surface area contributed by atoms with Crippen molar-refractivity contribution in [2.24, 2.45) is 11.7 Å². The molecule has 0 radical (unpaired) electrons. The fraction of sp³-hybridized carbons (Fsp3) is 0.412. The number of hydrogen-bond acceptors (Lipinski definition) is 4. The van der Waals surface area contributed by atoms with Gasteiger partial charge in [0.15, 0.2) is 0 Å². The number of nitrogens with zero attached hydrogens (tertiary/aromatic N) is 2. The van der Waals surface area contributed by atoms with Crippen LogP contribution in [0.15, 0.2) is 29.6 Å². The summed E-state index contributed by atoms with van der Waals surface area (Å²) in [7, 11) is 0. The van der Waals surface area contributed by atoms with Crippen LogP contribution in [0.5, 0.6) is 0 Å². The van der Waals surface area contributed by atoms with Crippen molar-refractivity contribution in [2.45, 2.75) is 25.8 Å². The predicted molar refractivity (Wildman–Crippen MR) is 89.8 cm³/mol. The topological polar surface area (TPSA) is 59.2 Å². The Morgan fingerprint density at radius 1 is 1.43 bits per heavy atom. The molecule has 122 valence electrons. The van der Waals surface area contributed by atoms with Crippen LogP contribution in [0.2, 0.25) is 0 Å². The predicted octanol–water partition coefficient (Wildman–Crippen LogP) is 3.15. The lowest BCUT2D eigenvalue weighted by Crippen LogP contribution is -2.49. The third kappa shape index (κ3) is 3.43. The lowest BCUT2D eigenvalue weighted by Gasteiger charge is -2.37.